The number of methoxy groups -OCH3 is 2. The average molecular weight is 811 g/mol. The fourth-order valence-corrected chi connectivity index (χ4v) is 13.0. The fraction of sp³-hybridized carbons (Fsp3) is 0.489. The van der Waals surface area contributed by atoms with Crippen molar-refractivity contribution in [3.8, 4) is 33.8 Å². The van der Waals surface area contributed by atoms with Gasteiger partial charge in [-0.25, -0.2) is 0 Å². The van der Waals surface area contributed by atoms with Crippen LogP contribution in [0.1, 0.15) is 140 Å². The topological polar surface area (TPSA) is 44.5 Å². The Labute approximate surface area is 328 Å². The molecule has 0 unspecified atom stereocenters. The predicted molar refractivity (Wildman–Crippen MR) is 223 cm³/mol. The summed E-state index contributed by atoms with van der Waals surface area (Å²) in [6.45, 7) is 14.1. The Morgan fingerprint density at radius 3 is 1.54 bits per heavy atom. The van der Waals surface area contributed by atoms with Gasteiger partial charge in [0.05, 0.1) is 14.2 Å². The van der Waals surface area contributed by atoms with Crippen LogP contribution < -0.4 is 24.5 Å². The zero-order chi connectivity index (χ0) is 37.4. The summed E-state index contributed by atoms with van der Waals surface area (Å²) in [5.74, 6) is 3.50. The van der Waals surface area contributed by atoms with Crippen molar-refractivity contribution in [1.29, 1.82) is 0 Å². The minimum atomic E-state index is -0.373. The van der Waals surface area contributed by atoms with Crippen LogP contribution in [0.15, 0.2) is 72.8 Å². The second-order valence-corrected chi connectivity index (χ2v) is 19.3. The third-order valence-electron chi connectivity index (χ3n) is 11.2. The molecule has 2 fully saturated rings. The Morgan fingerprint density at radius 1 is 0.596 bits per heavy atom. The third-order valence-corrected chi connectivity index (χ3v) is 15.5. The molecule has 0 radical (unpaired) electrons. The van der Waals surface area contributed by atoms with E-state index in [2.05, 4.69) is 91.1 Å². The van der Waals surface area contributed by atoms with Gasteiger partial charge in [-0.05, 0) is 89.1 Å². The van der Waals surface area contributed by atoms with Crippen LogP contribution in [0.4, 0.5) is 5.69 Å². The van der Waals surface area contributed by atoms with Crippen LogP contribution >= 0.6 is 7.92 Å². The summed E-state index contributed by atoms with van der Waals surface area (Å²) in [7, 11) is 3.38. The average Bonchev–Trinajstić information content (AvgIpc) is 3.15. The minimum absolute atomic E-state index is 0.373. The van der Waals surface area contributed by atoms with Crippen molar-refractivity contribution in [2.45, 2.75) is 135 Å². The molecule has 5 heteroatoms. The van der Waals surface area contributed by atoms with E-state index in [-0.39, 0.29) is 7.92 Å². The van der Waals surface area contributed by atoms with Gasteiger partial charge in [0, 0.05) is 10.9 Å². The Balaban J connectivity index is 0.000000310. The number of hydrogen-bond donors (Lipinski definition) is 1. The van der Waals surface area contributed by atoms with Gasteiger partial charge in [0.2, 0.25) is 0 Å². The van der Waals surface area contributed by atoms with E-state index in [1.54, 1.807) is 0 Å². The van der Waals surface area contributed by atoms with E-state index in [9.17, 15) is 0 Å². The Hall–Kier alpha value is -2.63. The predicted octanol–water partition coefficient (Wildman–Crippen LogP) is 12.6. The van der Waals surface area contributed by atoms with Gasteiger partial charge in [0.1, 0.15) is 11.5 Å². The first-order chi connectivity index (χ1) is 25.1. The van der Waals surface area contributed by atoms with Crippen LogP contribution in [0, 0.1) is 0 Å². The summed E-state index contributed by atoms with van der Waals surface area (Å²) in [4.78, 5) is 0. The van der Waals surface area contributed by atoms with Crippen LogP contribution in [0.25, 0.3) is 22.3 Å². The Morgan fingerprint density at radius 2 is 1.08 bits per heavy atom. The van der Waals surface area contributed by atoms with Crippen molar-refractivity contribution >= 4 is 22.9 Å². The Bertz CT molecular complexity index is 1660. The molecule has 0 amide bonds. The fourth-order valence-electron chi connectivity index (χ4n) is 8.42. The number of hydrogen-bond acceptors (Lipinski definition) is 3. The molecule has 6 rings (SSSR count). The summed E-state index contributed by atoms with van der Waals surface area (Å²) in [5.41, 5.74) is 17.7. The van der Waals surface area contributed by atoms with Crippen LogP contribution in [-0.4, -0.2) is 25.5 Å². The monoisotopic (exact) mass is 810 g/mol. The first kappa shape index (κ1) is 40.6. The summed E-state index contributed by atoms with van der Waals surface area (Å²) in [6, 6.07) is 25.4. The van der Waals surface area contributed by atoms with E-state index >= 15 is 0 Å². The SMILES string of the molecule is COc1ccc(OC)c(P(C2CCCCC2)C2CCCCC2)c1-c1c(C(C)C)cc(C(C)C)cc1C(C)C.Nc1ccccc1-c1cccc[c]1[Pd]. The number of ether oxygens (including phenoxy) is 2. The summed E-state index contributed by atoms with van der Waals surface area (Å²) >= 11 is 3.23. The Kier molecular flexibility index (Phi) is 14.9. The second-order valence-electron chi connectivity index (χ2n) is 15.8. The van der Waals surface area contributed by atoms with Crippen molar-refractivity contribution in [3.05, 3.63) is 89.5 Å². The maximum absolute atomic E-state index is 6.29. The first-order valence-electron chi connectivity index (χ1n) is 19.8. The van der Waals surface area contributed by atoms with Gasteiger partial charge in [-0.2, -0.15) is 0 Å². The molecule has 0 heterocycles. The molecule has 283 valence electrons. The molecule has 2 aliphatic rings. The molecule has 4 aromatic carbocycles. The molecule has 2 aliphatic carbocycles. The van der Waals surface area contributed by atoms with Crippen LogP contribution in [0.2, 0.25) is 0 Å². The van der Waals surface area contributed by atoms with Crippen LogP contribution in [0.3, 0.4) is 0 Å². The molecule has 0 aliphatic heterocycles. The molecule has 3 nitrogen and oxygen atoms in total. The summed E-state index contributed by atoms with van der Waals surface area (Å²) < 4.78 is 13.7. The van der Waals surface area contributed by atoms with E-state index in [1.165, 1.54) is 97.3 Å². The molecule has 4 aromatic rings. The van der Waals surface area contributed by atoms with Gasteiger partial charge >= 0.3 is 94.3 Å². The number of anilines is 1. The third kappa shape index (κ3) is 9.35. The molecule has 0 atom stereocenters. The maximum atomic E-state index is 6.29. The summed E-state index contributed by atoms with van der Waals surface area (Å²) in [6.07, 6.45) is 13.8. The number of benzene rings is 4. The standard InChI is InChI=1S/C35H53O2P.C12H10N.Pd/c1-23(2)26-21-29(24(3)4)33(30(22-26)25(5)6)34-31(36-7)19-20-32(37-8)35(34)38(27-15-11-9-12-16-27)28-17-13-10-14-18-28;13-12-9-5-4-8-11(12)10-6-2-1-3-7-10;/h19-25,27-28H,9-18H2,1-8H3;1-6,8-9H,13H2;. The first-order valence-corrected chi connectivity index (χ1v) is 22.1. The van der Waals surface area contributed by atoms with Gasteiger partial charge in [0.15, 0.2) is 0 Å². The number of nitrogen functional groups attached to an aromatic ring is 1. The number of para-hydroxylation sites is 1. The molecule has 2 saturated carbocycles. The van der Waals surface area contributed by atoms with Gasteiger partial charge < -0.3 is 9.47 Å². The van der Waals surface area contributed by atoms with Gasteiger partial charge in [0.25, 0.3) is 0 Å². The van der Waals surface area contributed by atoms with Crippen molar-refractivity contribution in [2.24, 2.45) is 0 Å². The van der Waals surface area contributed by atoms with Crippen molar-refractivity contribution in [3.63, 3.8) is 0 Å². The zero-order valence-corrected chi connectivity index (χ0v) is 35.5. The van der Waals surface area contributed by atoms with E-state index in [4.69, 9.17) is 15.2 Å². The number of rotatable bonds is 10. The quantitative estimate of drug-likeness (QED) is 0.0986. The van der Waals surface area contributed by atoms with Crippen molar-refractivity contribution in [2.75, 3.05) is 20.0 Å². The van der Waals surface area contributed by atoms with Crippen LogP contribution in [0.5, 0.6) is 11.5 Å². The number of nitrogens with two attached hydrogens (primary N) is 1. The van der Waals surface area contributed by atoms with Crippen molar-refractivity contribution < 1.29 is 28.7 Å². The van der Waals surface area contributed by atoms with E-state index < -0.39 is 0 Å². The normalized spacial score (nSPS) is 15.7. The second kappa shape index (κ2) is 19.1. The molecule has 0 aromatic heterocycles. The molecule has 0 bridgehead atoms. The molecule has 2 N–H and O–H groups in total. The van der Waals surface area contributed by atoms with Gasteiger partial charge in [-0.1, -0.05) is 100 Å². The molecule has 0 spiro atoms. The molecular formula is C47H63NO2PPd. The van der Waals surface area contributed by atoms with Gasteiger partial charge in [-0.15, -0.1) is 0 Å². The summed E-state index contributed by atoms with van der Waals surface area (Å²) in [5, 5.41) is 1.52. The van der Waals surface area contributed by atoms with Crippen LogP contribution in [-0.2, 0) is 19.2 Å². The van der Waals surface area contributed by atoms with Crippen molar-refractivity contribution in [1.82, 2.24) is 0 Å². The molecular weight excluding hydrogens is 748 g/mol. The molecule has 0 saturated heterocycles. The molecule has 52 heavy (non-hydrogen) atoms. The van der Waals surface area contributed by atoms with E-state index in [0.717, 1.165) is 43.7 Å². The van der Waals surface area contributed by atoms with E-state index in [0.29, 0.717) is 17.8 Å². The van der Waals surface area contributed by atoms with Gasteiger partial charge in [-0.3, -0.25) is 0 Å². The van der Waals surface area contributed by atoms with E-state index in [1.807, 2.05) is 56.7 Å². The zero-order valence-electron chi connectivity index (χ0n) is 33.0.